The summed E-state index contributed by atoms with van der Waals surface area (Å²) in [5.41, 5.74) is 3.11. The first-order valence-corrected chi connectivity index (χ1v) is 8.73. The molecule has 0 saturated heterocycles. The molecule has 138 valence electrons. The Morgan fingerprint density at radius 3 is 2.85 bits per heavy atom. The first-order chi connectivity index (χ1) is 13.0. The number of amides is 2. The average Bonchev–Trinajstić information content (AvgIpc) is 3.09. The molecular weight excluding hydrogens is 346 g/mol. The lowest BCUT2D eigenvalue weighted by Gasteiger charge is -2.28. The predicted molar refractivity (Wildman–Crippen MR) is 98.4 cm³/mol. The fourth-order valence-electron chi connectivity index (χ4n) is 3.33. The summed E-state index contributed by atoms with van der Waals surface area (Å²) in [6, 6.07) is 9.43. The molecule has 0 fully saturated rings. The molecule has 0 atom stereocenters. The van der Waals surface area contributed by atoms with Gasteiger partial charge < -0.3 is 10.2 Å². The van der Waals surface area contributed by atoms with Crippen LogP contribution in [0.5, 0.6) is 0 Å². The van der Waals surface area contributed by atoms with Crippen LogP contribution in [0.25, 0.3) is 5.65 Å². The van der Waals surface area contributed by atoms with Gasteiger partial charge in [-0.2, -0.15) is 0 Å². The van der Waals surface area contributed by atoms with Gasteiger partial charge in [-0.15, -0.1) is 0 Å². The highest BCUT2D eigenvalue weighted by molar-refractivity contribution is 6.01. The van der Waals surface area contributed by atoms with Crippen molar-refractivity contribution in [1.82, 2.24) is 24.8 Å². The van der Waals surface area contributed by atoms with E-state index in [0.29, 0.717) is 18.8 Å². The van der Waals surface area contributed by atoms with Crippen molar-refractivity contribution in [2.24, 2.45) is 0 Å². The van der Waals surface area contributed by atoms with Crippen LogP contribution in [-0.4, -0.2) is 44.4 Å². The summed E-state index contributed by atoms with van der Waals surface area (Å²) < 4.78 is 1.20. The minimum atomic E-state index is -0.447. The van der Waals surface area contributed by atoms with E-state index in [-0.39, 0.29) is 29.2 Å². The van der Waals surface area contributed by atoms with E-state index < -0.39 is 5.91 Å². The number of nitrogens with zero attached hydrogens (tertiary/aromatic N) is 3. The largest absolute Gasteiger partial charge is 0.343 e. The van der Waals surface area contributed by atoms with Crippen molar-refractivity contribution < 1.29 is 9.59 Å². The smallest absolute Gasteiger partial charge is 0.272 e. The summed E-state index contributed by atoms with van der Waals surface area (Å²) in [7, 11) is 0. The Hall–Kier alpha value is -3.42. The summed E-state index contributed by atoms with van der Waals surface area (Å²) in [4.78, 5) is 42.8. The second kappa shape index (κ2) is 6.71. The number of hydrogen-bond donors (Lipinski definition) is 2. The molecule has 2 N–H and O–H groups in total. The third-order valence-corrected chi connectivity index (χ3v) is 4.75. The minimum Gasteiger partial charge on any atom is -0.343 e. The second-order valence-electron chi connectivity index (χ2n) is 6.60. The van der Waals surface area contributed by atoms with Crippen LogP contribution in [0.15, 0.2) is 41.3 Å². The summed E-state index contributed by atoms with van der Waals surface area (Å²) in [5.74, 6) is -0.587. The molecule has 4 rings (SSSR count). The molecule has 0 radical (unpaired) electrons. The van der Waals surface area contributed by atoms with Crippen LogP contribution < -0.4 is 10.9 Å². The molecule has 3 aromatic rings. The average molecular weight is 365 g/mol. The summed E-state index contributed by atoms with van der Waals surface area (Å²) in [6.45, 7) is 2.77. The zero-order chi connectivity index (χ0) is 19.0. The van der Waals surface area contributed by atoms with E-state index in [0.717, 1.165) is 12.0 Å². The van der Waals surface area contributed by atoms with Crippen molar-refractivity contribution >= 4 is 17.5 Å². The maximum Gasteiger partial charge on any atom is 0.272 e. The topological polar surface area (TPSA) is 99.6 Å². The first kappa shape index (κ1) is 17.0. The highest BCUT2D eigenvalue weighted by Crippen LogP contribution is 2.18. The molecule has 3 heterocycles. The number of aryl methyl sites for hydroxylation is 1. The lowest BCUT2D eigenvalue weighted by molar-refractivity contribution is -0.131. The maximum atomic E-state index is 12.5. The molecule has 8 heteroatoms. The number of carbonyl (C=O) groups excluding carboxylic acids is 2. The number of hydrogen-bond acceptors (Lipinski definition) is 4. The van der Waals surface area contributed by atoms with Gasteiger partial charge in [-0.05, 0) is 24.5 Å². The molecule has 2 amide bonds. The second-order valence-corrected chi connectivity index (χ2v) is 6.60. The highest BCUT2D eigenvalue weighted by atomic mass is 16.2. The van der Waals surface area contributed by atoms with Gasteiger partial charge in [0.1, 0.15) is 5.56 Å². The van der Waals surface area contributed by atoms with Crippen molar-refractivity contribution in [3.63, 3.8) is 0 Å². The quantitative estimate of drug-likeness (QED) is 0.712. The van der Waals surface area contributed by atoms with Gasteiger partial charge in [-0.1, -0.05) is 24.3 Å². The van der Waals surface area contributed by atoms with Crippen LogP contribution in [0.3, 0.4) is 0 Å². The monoisotopic (exact) mass is 365 g/mol. The van der Waals surface area contributed by atoms with Gasteiger partial charge in [0.05, 0.1) is 6.54 Å². The molecule has 1 aliphatic heterocycles. The molecule has 1 aliphatic rings. The number of benzene rings is 1. The molecule has 0 spiro atoms. The van der Waals surface area contributed by atoms with Gasteiger partial charge in [0.25, 0.3) is 11.5 Å². The number of H-pyrrole nitrogens is 1. The molecule has 8 nitrogen and oxygen atoms in total. The van der Waals surface area contributed by atoms with E-state index in [4.69, 9.17) is 0 Å². The molecule has 27 heavy (non-hydrogen) atoms. The lowest BCUT2D eigenvalue weighted by Crippen LogP contribution is -2.42. The van der Waals surface area contributed by atoms with E-state index in [1.54, 1.807) is 11.8 Å². The highest BCUT2D eigenvalue weighted by Gasteiger charge is 2.21. The number of aromatic amines is 1. The molecular formula is C19H19N5O3. The van der Waals surface area contributed by atoms with Crippen molar-refractivity contribution in [3.05, 3.63) is 69.3 Å². The third-order valence-electron chi connectivity index (χ3n) is 4.75. The van der Waals surface area contributed by atoms with E-state index in [1.165, 1.54) is 22.3 Å². The predicted octanol–water partition coefficient (Wildman–Crippen LogP) is 0.646. The first-order valence-electron chi connectivity index (χ1n) is 8.73. The molecule has 0 unspecified atom stereocenters. The zero-order valence-corrected chi connectivity index (χ0v) is 14.9. The van der Waals surface area contributed by atoms with Gasteiger partial charge in [0, 0.05) is 31.0 Å². The Balaban J connectivity index is 1.44. The summed E-state index contributed by atoms with van der Waals surface area (Å²) >= 11 is 0. The van der Waals surface area contributed by atoms with Crippen LogP contribution in [0.4, 0.5) is 0 Å². The molecule has 2 aromatic heterocycles. The fourth-order valence-corrected chi connectivity index (χ4v) is 3.33. The van der Waals surface area contributed by atoms with E-state index in [2.05, 4.69) is 21.5 Å². The number of fused-ring (bicyclic) bond motifs is 2. The standard InChI is InChI=1S/C19H19N5O3/c1-12-8-16(25)24-18(22-12)15(9-21-24)19(27)20-10-17(26)23-7-6-13-4-2-3-5-14(13)11-23/h2-5,8-9,21H,6-7,10-11H2,1H3,(H,20,27). The number of nitrogens with one attached hydrogen (secondary N) is 2. The van der Waals surface area contributed by atoms with Gasteiger partial charge in [-0.3, -0.25) is 19.5 Å². The normalized spacial score (nSPS) is 13.4. The van der Waals surface area contributed by atoms with Crippen molar-refractivity contribution in [2.75, 3.05) is 13.1 Å². The lowest BCUT2D eigenvalue weighted by atomic mass is 10.00. The Labute approximate surface area is 154 Å². The van der Waals surface area contributed by atoms with Crippen molar-refractivity contribution in [1.29, 1.82) is 0 Å². The van der Waals surface area contributed by atoms with Crippen LogP contribution in [0.2, 0.25) is 0 Å². The van der Waals surface area contributed by atoms with Gasteiger partial charge in [0.15, 0.2) is 5.65 Å². The molecule has 0 saturated carbocycles. The number of aromatic nitrogens is 3. The van der Waals surface area contributed by atoms with E-state index in [1.807, 2.05) is 18.2 Å². The Morgan fingerprint density at radius 1 is 1.26 bits per heavy atom. The van der Waals surface area contributed by atoms with E-state index in [9.17, 15) is 14.4 Å². The van der Waals surface area contributed by atoms with Gasteiger partial charge in [0.2, 0.25) is 5.91 Å². The Bertz CT molecular complexity index is 1100. The van der Waals surface area contributed by atoms with Crippen LogP contribution in [-0.2, 0) is 17.8 Å². The maximum absolute atomic E-state index is 12.5. The van der Waals surface area contributed by atoms with Gasteiger partial charge in [-0.25, -0.2) is 9.50 Å². The van der Waals surface area contributed by atoms with Crippen LogP contribution >= 0.6 is 0 Å². The number of rotatable bonds is 3. The number of carbonyl (C=O) groups is 2. The summed E-state index contributed by atoms with van der Waals surface area (Å²) in [6.07, 6.45) is 2.23. The fraction of sp³-hybridized carbons (Fsp3) is 0.263. The van der Waals surface area contributed by atoms with Crippen molar-refractivity contribution in [2.45, 2.75) is 19.9 Å². The Kier molecular flexibility index (Phi) is 4.23. The van der Waals surface area contributed by atoms with E-state index >= 15 is 0 Å². The molecule has 1 aromatic carbocycles. The van der Waals surface area contributed by atoms with Crippen LogP contribution in [0.1, 0.15) is 27.2 Å². The van der Waals surface area contributed by atoms with Gasteiger partial charge >= 0.3 is 0 Å². The SMILES string of the molecule is Cc1cc(=O)n2[nH]cc(C(=O)NCC(=O)N3CCc4ccccc4C3)c2n1. The zero-order valence-electron chi connectivity index (χ0n) is 14.9. The minimum absolute atomic E-state index is 0.103. The molecule has 0 bridgehead atoms. The van der Waals surface area contributed by atoms with Crippen molar-refractivity contribution in [3.8, 4) is 0 Å². The summed E-state index contributed by atoms with van der Waals surface area (Å²) in [5, 5.41) is 5.34. The molecule has 0 aliphatic carbocycles. The Morgan fingerprint density at radius 2 is 2.04 bits per heavy atom. The van der Waals surface area contributed by atoms with Crippen LogP contribution in [0, 0.1) is 6.92 Å². The third kappa shape index (κ3) is 3.21.